The van der Waals surface area contributed by atoms with Gasteiger partial charge in [-0.2, -0.15) is 0 Å². The molecular weight excluding hydrogens is 210 g/mol. The summed E-state index contributed by atoms with van der Waals surface area (Å²) >= 11 is 0. The Morgan fingerprint density at radius 3 is 2.75 bits per heavy atom. The lowest BCUT2D eigenvalue weighted by molar-refractivity contribution is -0.175. The van der Waals surface area contributed by atoms with Crippen molar-refractivity contribution in [2.24, 2.45) is 0 Å². The van der Waals surface area contributed by atoms with E-state index in [0.29, 0.717) is 6.61 Å². The number of hydrogen-bond acceptors (Lipinski definition) is 4. The fraction of sp³-hybridized carbons (Fsp3) is 0.909. The van der Waals surface area contributed by atoms with Gasteiger partial charge < -0.3 is 14.6 Å². The van der Waals surface area contributed by atoms with Gasteiger partial charge in [-0.25, -0.2) is 4.79 Å². The Bertz CT molecular complexity index is 284. The maximum atomic E-state index is 11.9. The van der Waals surface area contributed by atoms with Crippen LogP contribution in [0.15, 0.2) is 0 Å². The van der Waals surface area contributed by atoms with E-state index in [1.54, 1.807) is 4.90 Å². The summed E-state index contributed by atoms with van der Waals surface area (Å²) in [4.78, 5) is 13.6. The standard InChI is InChI=1S/C11H19NO4/c1-11(2,3)16-10(14)12-7-4-8(12)9(5-13)15-6-7/h7-9,13H,4-6H2,1-3H3. The third-order valence-electron chi connectivity index (χ3n) is 2.98. The van der Waals surface area contributed by atoms with Gasteiger partial charge in [0, 0.05) is 0 Å². The number of carbonyl (C=O) groups is 1. The van der Waals surface area contributed by atoms with Gasteiger partial charge in [-0.15, -0.1) is 0 Å². The van der Waals surface area contributed by atoms with Crippen LogP contribution in [-0.2, 0) is 9.47 Å². The van der Waals surface area contributed by atoms with Crippen molar-refractivity contribution < 1.29 is 19.4 Å². The lowest BCUT2D eigenvalue weighted by Crippen LogP contribution is -2.70. The zero-order chi connectivity index (χ0) is 11.9. The van der Waals surface area contributed by atoms with Gasteiger partial charge in [0.05, 0.1) is 25.3 Å². The van der Waals surface area contributed by atoms with Crippen LogP contribution < -0.4 is 0 Å². The van der Waals surface area contributed by atoms with Crippen molar-refractivity contribution in [3.63, 3.8) is 0 Å². The largest absolute Gasteiger partial charge is 0.444 e. The summed E-state index contributed by atoms with van der Waals surface area (Å²) in [7, 11) is 0. The highest BCUT2D eigenvalue weighted by Crippen LogP contribution is 2.35. The van der Waals surface area contributed by atoms with Crippen molar-refractivity contribution in [3.8, 4) is 0 Å². The number of nitrogens with zero attached hydrogens (tertiary/aromatic N) is 1. The molecule has 1 amide bonds. The molecule has 3 fully saturated rings. The molecule has 16 heavy (non-hydrogen) atoms. The molecule has 3 aliphatic rings. The first-order chi connectivity index (χ1) is 7.42. The molecule has 3 rings (SSSR count). The number of carbonyl (C=O) groups excluding carboxylic acids is 1. The van der Waals surface area contributed by atoms with Crippen LogP contribution in [0.3, 0.4) is 0 Å². The first-order valence-corrected chi connectivity index (χ1v) is 5.66. The summed E-state index contributed by atoms with van der Waals surface area (Å²) in [6.07, 6.45) is 0.359. The Balaban J connectivity index is 1.98. The minimum Gasteiger partial charge on any atom is -0.444 e. The zero-order valence-electron chi connectivity index (χ0n) is 9.97. The van der Waals surface area contributed by atoms with Crippen LogP contribution in [-0.4, -0.2) is 53.1 Å². The Hall–Kier alpha value is -0.810. The molecule has 0 saturated carbocycles. The van der Waals surface area contributed by atoms with E-state index in [-0.39, 0.29) is 30.9 Å². The molecule has 0 radical (unpaired) electrons. The Kier molecular flexibility index (Phi) is 2.84. The second kappa shape index (κ2) is 3.89. The van der Waals surface area contributed by atoms with Crippen molar-refractivity contribution in [1.82, 2.24) is 4.90 Å². The molecule has 3 atom stereocenters. The lowest BCUT2D eigenvalue weighted by Gasteiger charge is -2.55. The minimum absolute atomic E-state index is 0.0152. The molecule has 3 saturated heterocycles. The Labute approximate surface area is 95.3 Å². The number of aliphatic hydroxyl groups is 1. The van der Waals surface area contributed by atoms with Gasteiger partial charge in [-0.3, -0.25) is 4.90 Å². The quantitative estimate of drug-likeness (QED) is 0.721. The topological polar surface area (TPSA) is 59.0 Å². The second-order valence-corrected chi connectivity index (χ2v) is 5.40. The number of morpholine rings is 1. The molecule has 2 bridgehead atoms. The Morgan fingerprint density at radius 1 is 1.56 bits per heavy atom. The van der Waals surface area contributed by atoms with E-state index in [2.05, 4.69) is 0 Å². The average Bonchev–Trinajstić information content (AvgIpc) is 2.14. The molecule has 3 heterocycles. The van der Waals surface area contributed by atoms with E-state index < -0.39 is 5.60 Å². The van der Waals surface area contributed by atoms with E-state index in [0.717, 1.165) is 6.42 Å². The normalized spacial score (nSPS) is 33.2. The molecule has 0 aromatic rings. The van der Waals surface area contributed by atoms with Crippen LogP contribution in [0.1, 0.15) is 27.2 Å². The molecule has 3 unspecified atom stereocenters. The third-order valence-corrected chi connectivity index (χ3v) is 2.98. The maximum absolute atomic E-state index is 11.9. The summed E-state index contributed by atoms with van der Waals surface area (Å²) < 4.78 is 10.7. The van der Waals surface area contributed by atoms with Gasteiger partial charge in [0.25, 0.3) is 0 Å². The average molecular weight is 229 g/mol. The molecule has 0 aliphatic carbocycles. The molecule has 0 spiro atoms. The van der Waals surface area contributed by atoms with Crippen LogP contribution in [0.5, 0.6) is 0 Å². The van der Waals surface area contributed by atoms with E-state index in [4.69, 9.17) is 14.6 Å². The van der Waals surface area contributed by atoms with E-state index in [9.17, 15) is 4.79 Å². The predicted molar refractivity (Wildman–Crippen MR) is 57.1 cm³/mol. The minimum atomic E-state index is -0.476. The van der Waals surface area contributed by atoms with Crippen LogP contribution >= 0.6 is 0 Å². The van der Waals surface area contributed by atoms with Crippen molar-refractivity contribution in [3.05, 3.63) is 0 Å². The van der Waals surface area contributed by atoms with Gasteiger partial charge in [0.1, 0.15) is 11.7 Å². The highest BCUT2D eigenvalue weighted by molar-refractivity contribution is 5.70. The van der Waals surface area contributed by atoms with Crippen LogP contribution in [0, 0.1) is 0 Å². The number of amides is 1. The molecule has 1 N–H and O–H groups in total. The number of aliphatic hydroxyl groups excluding tert-OH is 1. The fourth-order valence-corrected chi connectivity index (χ4v) is 2.24. The van der Waals surface area contributed by atoms with Gasteiger partial charge >= 0.3 is 6.09 Å². The fourth-order valence-electron chi connectivity index (χ4n) is 2.24. The summed E-state index contributed by atoms with van der Waals surface area (Å²) in [5, 5.41) is 9.11. The van der Waals surface area contributed by atoms with Crippen LogP contribution in [0.25, 0.3) is 0 Å². The summed E-state index contributed by atoms with van der Waals surface area (Å²) in [6, 6.07) is 0.112. The maximum Gasteiger partial charge on any atom is 0.410 e. The zero-order valence-corrected chi connectivity index (χ0v) is 9.97. The lowest BCUT2D eigenvalue weighted by atomic mass is 9.87. The summed E-state index contributed by atoms with van der Waals surface area (Å²) in [6.45, 7) is 6.00. The van der Waals surface area contributed by atoms with Crippen molar-refractivity contribution >= 4 is 6.09 Å². The van der Waals surface area contributed by atoms with E-state index in [1.165, 1.54) is 0 Å². The van der Waals surface area contributed by atoms with E-state index >= 15 is 0 Å². The van der Waals surface area contributed by atoms with Crippen molar-refractivity contribution in [1.29, 1.82) is 0 Å². The van der Waals surface area contributed by atoms with E-state index in [1.807, 2.05) is 20.8 Å². The molecule has 0 aromatic carbocycles. The highest BCUT2D eigenvalue weighted by Gasteiger charge is 2.51. The van der Waals surface area contributed by atoms with Gasteiger partial charge in [0.2, 0.25) is 0 Å². The predicted octanol–water partition coefficient (Wildman–Crippen LogP) is 0.756. The molecular formula is C11H19NO4. The number of rotatable bonds is 1. The molecule has 5 heteroatoms. The molecule has 0 aromatic heterocycles. The smallest absolute Gasteiger partial charge is 0.410 e. The second-order valence-electron chi connectivity index (χ2n) is 5.40. The summed E-state index contributed by atoms with van der Waals surface area (Å²) in [5.41, 5.74) is -0.476. The molecule has 5 nitrogen and oxygen atoms in total. The van der Waals surface area contributed by atoms with Crippen LogP contribution in [0.2, 0.25) is 0 Å². The summed E-state index contributed by atoms with van der Waals surface area (Å²) in [5.74, 6) is 0. The number of ether oxygens (including phenoxy) is 2. The number of hydrogen-bond donors (Lipinski definition) is 1. The highest BCUT2D eigenvalue weighted by atomic mass is 16.6. The Morgan fingerprint density at radius 2 is 2.25 bits per heavy atom. The first kappa shape index (κ1) is 11.7. The van der Waals surface area contributed by atoms with Gasteiger partial charge in [0.15, 0.2) is 0 Å². The monoisotopic (exact) mass is 229 g/mol. The molecule has 92 valence electrons. The van der Waals surface area contributed by atoms with Crippen molar-refractivity contribution in [2.75, 3.05) is 13.2 Å². The number of fused-ring (bicyclic) bond motifs is 2. The van der Waals surface area contributed by atoms with Crippen LogP contribution in [0.4, 0.5) is 4.79 Å². The SMILES string of the molecule is CC(C)(C)OC(=O)N1C2COC(CO)C1C2. The van der Waals surface area contributed by atoms with Gasteiger partial charge in [-0.1, -0.05) is 0 Å². The third kappa shape index (κ3) is 2.01. The van der Waals surface area contributed by atoms with Crippen molar-refractivity contribution in [2.45, 2.75) is 51.0 Å². The first-order valence-electron chi connectivity index (χ1n) is 5.66. The molecule has 3 aliphatic heterocycles. The van der Waals surface area contributed by atoms with Gasteiger partial charge in [-0.05, 0) is 27.2 Å².